The molecule has 0 unspecified atom stereocenters. The summed E-state index contributed by atoms with van der Waals surface area (Å²) in [7, 11) is 1.32. The highest BCUT2D eigenvalue weighted by atomic mass is 127. The van der Waals surface area contributed by atoms with Crippen LogP contribution < -0.4 is 5.32 Å². The highest BCUT2D eigenvalue weighted by Gasteiger charge is 2.21. The summed E-state index contributed by atoms with van der Waals surface area (Å²) in [5.41, 5.74) is 0.983. The van der Waals surface area contributed by atoms with Crippen molar-refractivity contribution in [1.82, 2.24) is 5.32 Å². The number of methoxy groups -OCH3 is 1. The molecule has 1 aromatic carbocycles. The molecule has 1 rings (SSSR count). The van der Waals surface area contributed by atoms with Gasteiger partial charge in [-0.15, -0.1) is 0 Å². The molecular weight excluding hydrogens is 333 g/mol. The van der Waals surface area contributed by atoms with Crippen LogP contribution in [0.1, 0.15) is 5.56 Å². The molecule has 0 bridgehead atoms. The molecule has 0 saturated heterocycles. The molecule has 0 aliphatic heterocycles. The number of esters is 1. The molecule has 4 nitrogen and oxygen atoms in total. The van der Waals surface area contributed by atoms with Gasteiger partial charge in [-0.3, -0.25) is 4.79 Å². The molecule has 1 aromatic rings. The van der Waals surface area contributed by atoms with Gasteiger partial charge < -0.3 is 10.1 Å². The molecule has 0 heterocycles. The maximum Gasteiger partial charge on any atom is 0.328 e. The Morgan fingerprint density at radius 3 is 2.53 bits per heavy atom. The van der Waals surface area contributed by atoms with E-state index in [1.807, 2.05) is 52.9 Å². The van der Waals surface area contributed by atoms with Gasteiger partial charge in [0.15, 0.2) is 0 Å². The average Bonchev–Trinajstić information content (AvgIpc) is 2.38. The number of carbonyl (C=O) groups excluding carboxylic acids is 2. The van der Waals surface area contributed by atoms with Crippen molar-refractivity contribution >= 4 is 34.5 Å². The number of halogens is 1. The predicted octanol–water partition coefficient (Wildman–Crippen LogP) is 1.32. The number of ether oxygens (including phenoxy) is 1. The molecule has 92 valence electrons. The van der Waals surface area contributed by atoms with Gasteiger partial charge in [0, 0.05) is 6.42 Å². The highest BCUT2D eigenvalue weighted by molar-refractivity contribution is 14.1. The quantitative estimate of drug-likeness (QED) is 0.497. The average molecular weight is 347 g/mol. The van der Waals surface area contributed by atoms with Crippen LogP contribution in [0.15, 0.2) is 30.3 Å². The van der Waals surface area contributed by atoms with E-state index in [1.165, 1.54) is 7.11 Å². The number of carbonyl (C=O) groups is 2. The van der Waals surface area contributed by atoms with Crippen molar-refractivity contribution in [2.75, 3.05) is 11.5 Å². The van der Waals surface area contributed by atoms with Gasteiger partial charge >= 0.3 is 5.97 Å². The van der Waals surface area contributed by atoms with Gasteiger partial charge in [0.25, 0.3) is 0 Å². The second-order valence-electron chi connectivity index (χ2n) is 3.47. The Labute approximate surface area is 114 Å². The fraction of sp³-hybridized carbons (Fsp3) is 0.333. The number of benzene rings is 1. The Morgan fingerprint density at radius 2 is 2.00 bits per heavy atom. The molecule has 0 aromatic heterocycles. The van der Waals surface area contributed by atoms with E-state index in [0.29, 0.717) is 10.8 Å². The number of hydrogen-bond acceptors (Lipinski definition) is 3. The first-order valence-corrected chi connectivity index (χ1v) is 6.67. The Hall–Kier alpha value is -1.11. The minimum atomic E-state index is -0.621. The molecule has 5 heteroatoms. The van der Waals surface area contributed by atoms with Crippen LogP contribution in [0.3, 0.4) is 0 Å². The molecule has 1 N–H and O–H groups in total. The Morgan fingerprint density at radius 1 is 1.35 bits per heavy atom. The first-order valence-electron chi connectivity index (χ1n) is 5.14. The number of rotatable bonds is 5. The molecule has 0 spiro atoms. The van der Waals surface area contributed by atoms with Crippen molar-refractivity contribution in [3.8, 4) is 0 Å². The van der Waals surface area contributed by atoms with Crippen LogP contribution in [0.2, 0.25) is 0 Å². The van der Waals surface area contributed by atoms with E-state index in [2.05, 4.69) is 10.1 Å². The summed E-state index contributed by atoms with van der Waals surface area (Å²) in [6.45, 7) is 0. The summed E-state index contributed by atoms with van der Waals surface area (Å²) >= 11 is 1.95. The first kappa shape index (κ1) is 14.0. The van der Waals surface area contributed by atoms with Gasteiger partial charge in [-0.25, -0.2) is 4.79 Å². The largest absolute Gasteiger partial charge is 0.467 e. The SMILES string of the molecule is COC(=O)[C@H](Cc1ccccc1)NC(=O)CI. The summed E-state index contributed by atoms with van der Waals surface area (Å²) in [6.07, 6.45) is 0.440. The molecule has 0 aliphatic rings. The summed E-state index contributed by atoms with van der Waals surface area (Å²) in [6, 6.07) is 8.89. The normalized spacial score (nSPS) is 11.6. The standard InChI is InChI=1S/C12H14INO3/c1-17-12(16)10(14-11(15)8-13)7-9-5-3-2-4-6-9/h2-6,10H,7-8H2,1H3,(H,14,15)/t10-/m0/s1. The summed E-state index contributed by atoms with van der Waals surface area (Å²) in [4.78, 5) is 22.8. The van der Waals surface area contributed by atoms with Crippen LogP contribution in [-0.2, 0) is 20.7 Å². The van der Waals surface area contributed by atoms with Crippen LogP contribution >= 0.6 is 22.6 Å². The van der Waals surface area contributed by atoms with Crippen molar-refractivity contribution in [1.29, 1.82) is 0 Å². The topological polar surface area (TPSA) is 55.4 Å². The van der Waals surface area contributed by atoms with E-state index < -0.39 is 12.0 Å². The van der Waals surface area contributed by atoms with Gasteiger partial charge in [-0.1, -0.05) is 52.9 Å². The maximum atomic E-state index is 11.5. The monoisotopic (exact) mass is 347 g/mol. The fourth-order valence-corrected chi connectivity index (χ4v) is 1.64. The minimum Gasteiger partial charge on any atom is -0.467 e. The predicted molar refractivity (Wildman–Crippen MR) is 73.0 cm³/mol. The van der Waals surface area contributed by atoms with E-state index in [1.54, 1.807) is 0 Å². The third kappa shape index (κ3) is 4.72. The van der Waals surface area contributed by atoms with Gasteiger partial charge in [-0.2, -0.15) is 0 Å². The zero-order valence-electron chi connectivity index (χ0n) is 9.48. The lowest BCUT2D eigenvalue weighted by molar-refractivity contribution is -0.144. The molecular formula is C12H14INO3. The number of hydrogen-bond donors (Lipinski definition) is 1. The molecule has 0 saturated carbocycles. The van der Waals surface area contributed by atoms with Crippen LogP contribution in [0, 0.1) is 0 Å². The molecule has 0 aliphatic carbocycles. The van der Waals surface area contributed by atoms with E-state index in [-0.39, 0.29) is 5.91 Å². The summed E-state index contributed by atoms with van der Waals surface area (Å²) < 4.78 is 4.99. The molecule has 17 heavy (non-hydrogen) atoms. The molecule has 1 atom stereocenters. The first-order chi connectivity index (χ1) is 8.17. The lowest BCUT2D eigenvalue weighted by Gasteiger charge is -2.15. The van der Waals surface area contributed by atoms with Gasteiger partial charge in [0.1, 0.15) is 6.04 Å². The van der Waals surface area contributed by atoms with E-state index in [0.717, 1.165) is 5.56 Å². The second-order valence-corrected chi connectivity index (χ2v) is 4.23. The van der Waals surface area contributed by atoms with Crippen molar-refractivity contribution in [3.05, 3.63) is 35.9 Å². The minimum absolute atomic E-state index is 0.170. The number of alkyl halides is 1. The van der Waals surface area contributed by atoms with Gasteiger partial charge in [0.05, 0.1) is 11.5 Å². The van der Waals surface area contributed by atoms with Crippen molar-refractivity contribution in [2.45, 2.75) is 12.5 Å². The molecule has 0 fully saturated rings. The highest BCUT2D eigenvalue weighted by Crippen LogP contribution is 2.04. The number of amides is 1. The van der Waals surface area contributed by atoms with Gasteiger partial charge in [-0.05, 0) is 5.56 Å². The molecule has 1 amide bonds. The third-order valence-electron chi connectivity index (χ3n) is 2.22. The maximum absolute atomic E-state index is 11.5. The zero-order chi connectivity index (χ0) is 12.7. The van der Waals surface area contributed by atoms with Crippen LogP contribution in [0.5, 0.6) is 0 Å². The van der Waals surface area contributed by atoms with Gasteiger partial charge in [0.2, 0.25) is 5.91 Å². The molecule has 0 radical (unpaired) electrons. The second kappa shape index (κ2) is 7.26. The smallest absolute Gasteiger partial charge is 0.328 e. The summed E-state index contributed by atoms with van der Waals surface area (Å²) in [5.74, 6) is -0.594. The fourth-order valence-electron chi connectivity index (χ4n) is 1.42. The third-order valence-corrected chi connectivity index (χ3v) is 2.92. The number of nitrogens with one attached hydrogen (secondary N) is 1. The van der Waals surface area contributed by atoms with Crippen molar-refractivity contribution < 1.29 is 14.3 Å². The van der Waals surface area contributed by atoms with Crippen molar-refractivity contribution in [3.63, 3.8) is 0 Å². The zero-order valence-corrected chi connectivity index (χ0v) is 11.6. The lowest BCUT2D eigenvalue weighted by Crippen LogP contribution is -2.43. The van der Waals surface area contributed by atoms with E-state index in [4.69, 9.17) is 0 Å². The summed E-state index contributed by atoms with van der Waals surface area (Å²) in [5, 5.41) is 2.64. The van der Waals surface area contributed by atoms with E-state index in [9.17, 15) is 9.59 Å². The van der Waals surface area contributed by atoms with Crippen LogP contribution in [-0.4, -0.2) is 29.5 Å². The lowest BCUT2D eigenvalue weighted by atomic mass is 10.1. The van der Waals surface area contributed by atoms with E-state index >= 15 is 0 Å². The van der Waals surface area contributed by atoms with Crippen molar-refractivity contribution in [2.24, 2.45) is 0 Å². The van der Waals surface area contributed by atoms with Crippen LogP contribution in [0.25, 0.3) is 0 Å². The Balaban J connectivity index is 2.70. The van der Waals surface area contributed by atoms with Crippen LogP contribution in [0.4, 0.5) is 0 Å². The Bertz CT molecular complexity index is 381. The Kier molecular flexibility index (Phi) is 5.96.